The van der Waals surface area contributed by atoms with Gasteiger partial charge in [0.1, 0.15) is 17.6 Å². The SMILES string of the molecule is COc1cc(-n2cnc3cc(Br)sc3c2=O)ccc1OCCN1CCCC1. The quantitative estimate of drug-likeness (QED) is 0.574. The Morgan fingerprint density at radius 1 is 1.22 bits per heavy atom. The molecular formula is C19H20BrN3O3S. The van der Waals surface area contributed by atoms with Crippen LogP contribution in [0.25, 0.3) is 15.9 Å². The lowest BCUT2D eigenvalue weighted by atomic mass is 10.2. The van der Waals surface area contributed by atoms with E-state index in [9.17, 15) is 4.79 Å². The van der Waals surface area contributed by atoms with Crippen molar-refractivity contribution < 1.29 is 9.47 Å². The number of ether oxygens (including phenoxy) is 2. The molecule has 0 radical (unpaired) electrons. The second kappa shape index (κ2) is 8.00. The third kappa shape index (κ3) is 3.88. The van der Waals surface area contributed by atoms with Crippen LogP contribution < -0.4 is 15.0 Å². The fourth-order valence-electron chi connectivity index (χ4n) is 3.28. The molecule has 27 heavy (non-hydrogen) atoms. The molecule has 2 aromatic heterocycles. The van der Waals surface area contributed by atoms with Crippen LogP contribution in [0, 0.1) is 0 Å². The first kappa shape index (κ1) is 18.5. The molecular weight excluding hydrogens is 430 g/mol. The maximum absolute atomic E-state index is 12.8. The fourth-order valence-corrected chi connectivity index (χ4v) is 4.75. The Balaban J connectivity index is 1.57. The van der Waals surface area contributed by atoms with Gasteiger partial charge in [0.2, 0.25) is 0 Å². The number of hydrogen-bond acceptors (Lipinski definition) is 6. The molecule has 0 amide bonds. The lowest BCUT2D eigenvalue weighted by molar-refractivity contribution is 0.230. The average molecular weight is 450 g/mol. The highest BCUT2D eigenvalue weighted by Gasteiger charge is 2.14. The van der Waals surface area contributed by atoms with Crippen LogP contribution in [-0.4, -0.2) is 47.8 Å². The Hall–Kier alpha value is -1.90. The molecule has 3 aromatic rings. The number of hydrogen-bond donors (Lipinski definition) is 0. The summed E-state index contributed by atoms with van der Waals surface area (Å²) in [5, 5.41) is 0. The van der Waals surface area contributed by atoms with Crippen LogP contribution in [-0.2, 0) is 0 Å². The van der Waals surface area contributed by atoms with Crippen molar-refractivity contribution in [2.24, 2.45) is 0 Å². The van der Waals surface area contributed by atoms with Gasteiger partial charge in [0, 0.05) is 12.6 Å². The van der Waals surface area contributed by atoms with Crippen molar-refractivity contribution in [2.45, 2.75) is 12.8 Å². The van der Waals surface area contributed by atoms with Crippen LogP contribution >= 0.6 is 27.3 Å². The van der Waals surface area contributed by atoms with Crippen molar-refractivity contribution in [2.75, 3.05) is 33.4 Å². The van der Waals surface area contributed by atoms with Gasteiger partial charge < -0.3 is 9.47 Å². The maximum Gasteiger partial charge on any atom is 0.275 e. The smallest absolute Gasteiger partial charge is 0.275 e. The third-order valence-electron chi connectivity index (χ3n) is 4.70. The van der Waals surface area contributed by atoms with Gasteiger partial charge in [0.15, 0.2) is 11.5 Å². The summed E-state index contributed by atoms with van der Waals surface area (Å²) in [5.74, 6) is 1.29. The zero-order chi connectivity index (χ0) is 18.8. The van der Waals surface area contributed by atoms with Gasteiger partial charge >= 0.3 is 0 Å². The lowest BCUT2D eigenvalue weighted by Crippen LogP contribution is -2.25. The zero-order valence-corrected chi connectivity index (χ0v) is 17.4. The van der Waals surface area contributed by atoms with E-state index in [1.54, 1.807) is 13.4 Å². The molecule has 1 fully saturated rings. The van der Waals surface area contributed by atoms with Gasteiger partial charge in [-0.2, -0.15) is 0 Å². The monoisotopic (exact) mass is 449 g/mol. The predicted molar refractivity (Wildman–Crippen MR) is 111 cm³/mol. The number of nitrogens with zero attached hydrogens (tertiary/aromatic N) is 3. The zero-order valence-electron chi connectivity index (χ0n) is 15.0. The van der Waals surface area contributed by atoms with Crippen molar-refractivity contribution >= 4 is 37.5 Å². The summed E-state index contributed by atoms with van der Waals surface area (Å²) in [7, 11) is 1.60. The van der Waals surface area contributed by atoms with E-state index in [0.29, 0.717) is 34.0 Å². The number of halogens is 1. The van der Waals surface area contributed by atoms with Crippen molar-refractivity contribution in [3.05, 3.63) is 44.7 Å². The summed E-state index contributed by atoms with van der Waals surface area (Å²) in [4.78, 5) is 19.6. The van der Waals surface area contributed by atoms with E-state index in [1.165, 1.54) is 28.7 Å². The molecule has 0 saturated carbocycles. The molecule has 0 spiro atoms. The highest BCUT2D eigenvalue weighted by molar-refractivity contribution is 9.11. The van der Waals surface area contributed by atoms with Crippen LogP contribution in [0.5, 0.6) is 11.5 Å². The summed E-state index contributed by atoms with van der Waals surface area (Å²) < 4.78 is 14.4. The van der Waals surface area contributed by atoms with E-state index in [0.717, 1.165) is 23.4 Å². The third-order valence-corrected chi connectivity index (χ3v) is 6.31. The van der Waals surface area contributed by atoms with Gasteiger partial charge in [-0.15, -0.1) is 11.3 Å². The van der Waals surface area contributed by atoms with Crippen LogP contribution in [0.4, 0.5) is 0 Å². The Kier molecular flexibility index (Phi) is 5.47. The first-order valence-electron chi connectivity index (χ1n) is 8.86. The molecule has 8 heteroatoms. The van der Waals surface area contributed by atoms with E-state index in [-0.39, 0.29) is 5.56 Å². The largest absolute Gasteiger partial charge is 0.493 e. The molecule has 0 bridgehead atoms. The van der Waals surface area contributed by atoms with Crippen LogP contribution in [0.3, 0.4) is 0 Å². The Bertz CT molecular complexity index is 1010. The number of benzene rings is 1. The first-order valence-corrected chi connectivity index (χ1v) is 10.5. The van der Waals surface area contributed by atoms with E-state index in [4.69, 9.17) is 9.47 Å². The topological polar surface area (TPSA) is 56.6 Å². The molecule has 0 aliphatic carbocycles. The normalized spacial score (nSPS) is 14.7. The van der Waals surface area contributed by atoms with Crippen LogP contribution in [0.1, 0.15) is 12.8 Å². The van der Waals surface area contributed by atoms with Crippen molar-refractivity contribution in [3.63, 3.8) is 0 Å². The molecule has 142 valence electrons. The molecule has 3 heterocycles. The van der Waals surface area contributed by atoms with E-state index >= 15 is 0 Å². The van der Waals surface area contributed by atoms with Gasteiger partial charge in [-0.05, 0) is 60.1 Å². The average Bonchev–Trinajstić information content (AvgIpc) is 3.32. The van der Waals surface area contributed by atoms with Crippen molar-refractivity contribution in [3.8, 4) is 17.2 Å². The van der Waals surface area contributed by atoms with E-state index < -0.39 is 0 Å². The summed E-state index contributed by atoms with van der Waals surface area (Å²) in [6.07, 6.45) is 4.09. The molecule has 4 rings (SSSR count). The minimum Gasteiger partial charge on any atom is -0.493 e. The molecule has 1 aliphatic heterocycles. The molecule has 0 atom stereocenters. The summed E-state index contributed by atoms with van der Waals surface area (Å²) in [5.41, 5.74) is 1.30. The van der Waals surface area contributed by atoms with E-state index in [1.807, 2.05) is 24.3 Å². The first-order chi connectivity index (χ1) is 13.2. The van der Waals surface area contributed by atoms with Crippen LogP contribution in [0.15, 0.2) is 39.2 Å². The number of rotatable bonds is 6. The van der Waals surface area contributed by atoms with Gasteiger partial charge in [0.05, 0.1) is 22.1 Å². The van der Waals surface area contributed by atoms with Crippen molar-refractivity contribution in [1.82, 2.24) is 14.5 Å². The minimum absolute atomic E-state index is 0.0968. The van der Waals surface area contributed by atoms with Crippen molar-refractivity contribution in [1.29, 1.82) is 0 Å². The van der Waals surface area contributed by atoms with Gasteiger partial charge in [-0.25, -0.2) is 4.98 Å². The fraction of sp³-hybridized carbons (Fsp3) is 0.368. The number of fused-ring (bicyclic) bond motifs is 1. The summed E-state index contributed by atoms with van der Waals surface area (Å²) >= 11 is 4.79. The highest BCUT2D eigenvalue weighted by atomic mass is 79.9. The van der Waals surface area contributed by atoms with Gasteiger partial charge in [-0.1, -0.05) is 0 Å². The Labute approximate surface area is 169 Å². The number of thiophene rings is 1. The number of likely N-dealkylation sites (tertiary alicyclic amines) is 1. The molecule has 1 aromatic carbocycles. The Morgan fingerprint density at radius 3 is 2.81 bits per heavy atom. The number of methoxy groups -OCH3 is 1. The number of aromatic nitrogens is 2. The second-order valence-electron chi connectivity index (χ2n) is 6.42. The van der Waals surface area contributed by atoms with Gasteiger partial charge in [-0.3, -0.25) is 14.3 Å². The molecule has 0 N–H and O–H groups in total. The highest BCUT2D eigenvalue weighted by Crippen LogP contribution is 2.30. The maximum atomic E-state index is 12.8. The standard InChI is InChI=1S/C19H20BrN3O3S/c1-25-16-10-13(4-5-15(16)26-9-8-22-6-2-3-7-22)23-12-21-14-11-17(20)27-18(14)19(23)24/h4-5,10-12H,2-3,6-9H2,1H3. The van der Waals surface area contributed by atoms with E-state index in [2.05, 4.69) is 25.8 Å². The molecule has 1 aliphatic rings. The summed E-state index contributed by atoms with van der Waals surface area (Å²) in [6, 6.07) is 7.36. The summed E-state index contributed by atoms with van der Waals surface area (Å²) in [6.45, 7) is 3.83. The molecule has 1 saturated heterocycles. The Morgan fingerprint density at radius 2 is 2.04 bits per heavy atom. The molecule has 6 nitrogen and oxygen atoms in total. The van der Waals surface area contributed by atoms with Crippen LogP contribution in [0.2, 0.25) is 0 Å². The van der Waals surface area contributed by atoms with Gasteiger partial charge in [0.25, 0.3) is 5.56 Å². The predicted octanol–water partition coefficient (Wildman–Crippen LogP) is 3.69. The molecule has 0 unspecified atom stereocenters. The second-order valence-corrected chi connectivity index (χ2v) is 8.85. The lowest BCUT2D eigenvalue weighted by Gasteiger charge is -2.17. The minimum atomic E-state index is -0.0968.